The summed E-state index contributed by atoms with van der Waals surface area (Å²) in [4.78, 5) is 0. The van der Waals surface area contributed by atoms with E-state index in [4.69, 9.17) is 9.47 Å². The van der Waals surface area contributed by atoms with Crippen LogP contribution in [0.5, 0.6) is 5.75 Å². The molecule has 0 heterocycles. The Morgan fingerprint density at radius 2 is 1.94 bits per heavy atom. The van der Waals surface area contributed by atoms with Gasteiger partial charge in [0.05, 0.1) is 6.26 Å². The number of ether oxygens (including phenoxy) is 2. The van der Waals surface area contributed by atoms with Crippen LogP contribution in [0.25, 0.3) is 10.8 Å². The molecule has 0 N–H and O–H groups in total. The molecule has 17 heavy (non-hydrogen) atoms. The Balaban J connectivity index is 2.06. The molecule has 0 bridgehead atoms. The molecule has 0 spiro atoms. The Bertz CT molecular complexity index is 505. The van der Waals surface area contributed by atoms with Gasteiger partial charge in [-0.25, -0.2) is 0 Å². The predicted octanol–water partition coefficient (Wildman–Crippen LogP) is 3.77. The molecule has 1 atom stereocenters. The van der Waals surface area contributed by atoms with Crippen molar-refractivity contribution in [3.05, 3.63) is 55.3 Å². The lowest BCUT2D eigenvalue weighted by molar-refractivity contribution is 0.103. The highest BCUT2D eigenvalue weighted by Crippen LogP contribution is 2.20. The van der Waals surface area contributed by atoms with Crippen LogP contribution >= 0.6 is 0 Å². The van der Waals surface area contributed by atoms with E-state index in [0.29, 0.717) is 6.61 Å². The zero-order chi connectivity index (χ0) is 12.1. The summed E-state index contributed by atoms with van der Waals surface area (Å²) in [5, 5.41) is 2.40. The van der Waals surface area contributed by atoms with Crippen LogP contribution in [0.4, 0.5) is 0 Å². The van der Waals surface area contributed by atoms with E-state index in [2.05, 4.69) is 24.8 Å². The highest BCUT2D eigenvalue weighted by atomic mass is 16.5. The summed E-state index contributed by atoms with van der Waals surface area (Å²) in [6, 6.07) is 14.3. The summed E-state index contributed by atoms with van der Waals surface area (Å²) in [5.74, 6) is 0.864. The second kappa shape index (κ2) is 5.39. The van der Waals surface area contributed by atoms with Crippen molar-refractivity contribution < 1.29 is 9.47 Å². The molecule has 0 fully saturated rings. The summed E-state index contributed by atoms with van der Waals surface area (Å²) in [5.41, 5.74) is 0. The van der Waals surface area contributed by atoms with Crippen molar-refractivity contribution >= 4 is 10.8 Å². The van der Waals surface area contributed by atoms with Gasteiger partial charge in [0.15, 0.2) is 0 Å². The number of benzene rings is 2. The fraction of sp³-hybridized carbons (Fsp3) is 0.200. The van der Waals surface area contributed by atoms with Gasteiger partial charge in [0.25, 0.3) is 0 Å². The van der Waals surface area contributed by atoms with Crippen LogP contribution in [0.2, 0.25) is 0 Å². The quantitative estimate of drug-likeness (QED) is 0.725. The summed E-state index contributed by atoms with van der Waals surface area (Å²) >= 11 is 0. The van der Waals surface area contributed by atoms with Crippen LogP contribution in [0.3, 0.4) is 0 Å². The monoisotopic (exact) mass is 228 g/mol. The van der Waals surface area contributed by atoms with Gasteiger partial charge < -0.3 is 9.47 Å². The van der Waals surface area contributed by atoms with E-state index in [1.165, 1.54) is 17.0 Å². The van der Waals surface area contributed by atoms with Gasteiger partial charge in [-0.15, -0.1) is 0 Å². The van der Waals surface area contributed by atoms with Crippen molar-refractivity contribution in [3.63, 3.8) is 0 Å². The first-order valence-corrected chi connectivity index (χ1v) is 5.67. The fourth-order valence-electron chi connectivity index (χ4n) is 1.67. The van der Waals surface area contributed by atoms with E-state index in [0.717, 1.165) is 5.75 Å². The third-order valence-corrected chi connectivity index (χ3v) is 2.53. The predicted molar refractivity (Wildman–Crippen MR) is 70.2 cm³/mol. The Morgan fingerprint density at radius 1 is 1.18 bits per heavy atom. The normalized spacial score (nSPS) is 12.1. The third kappa shape index (κ3) is 3.00. The first kappa shape index (κ1) is 11.5. The Labute approximate surface area is 101 Å². The third-order valence-electron chi connectivity index (χ3n) is 2.53. The maximum absolute atomic E-state index is 5.66. The Morgan fingerprint density at radius 3 is 2.71 bits per heavy atom. The van der Waals surface area contributed by atoms with Gasteiger partial charge in [-0.2, -0.15) is 0 Å². The molecule has 0 aromatic heterocycles. The maximum atomic E-state index is 5.66. The van der Waals surface area contributed by atoms with Crippen LogP contribution in [0.1, 0.15) is 6.92 Å². The van der Waals surface area contributed by atoms with Crippen LogP contribution in [0.15, 0.2) is 55.3 Å². The molecule has 2 nitrogen and oxygen atoms in total. The minimum atomic E-state index is 0.0129. The van der Waals surface area contributed by atoms with Gasteiger partial charge in [0, 0.05) is 0 Å². The summed E-state index contributed by atoms with van der Waals surface area (Å²) in [6.07, 6.45) is 1.45. The zero-order valence-electron chi connectivity index (χ0n) is 9.93. The largest absolute Gasteiger partial charge is 0.495 e. The second-order valence-corrected chi connectivity index (χ2v) is 3.93. The Kier molecular flexibility index (Phi) is 3.66. The molecule has 0 radical (unpaired) electrons. The second-order valence-electron chi connectivity index (χ2n) is 3.93. The molecule has 0 aliphatic heterocycles. The standard InChI is InChI=1S/C15H16O2/c1-3-16-12(2)11-17-15-9-8-13-6-4-5-7-14(13)10-15/h3-10,12H,1,11H2,2H3. The number of hydrogen-bond donors (Lipinski definition) is 0. The van der Waals surface area contributed by atoms with Gasteiger partial charge in [-0.05, 0) is 29.8 Å². The lowest BCUT2D eigenvalue weighted by Gasteiger charge is -2.12. The van der Waals surface area contributed by atoms with Crippen molar-refractivity contribution in [3.8, 4) is 5.75 Å². The van der Waals surface area contributed by atoms with E-state index in [-0.39, 0.29) is 6.10 Å². The zero-order valence-corrected chi connectivity index (χ0v) is 9.93. The van der Waals surface area contributed by atoms with Crippen LogP contribution in [-0.2, 0) is 4.74 Å². The molecule has 2 aromatic rings. The van der Waals surface area contributed by atoms with Gasteiger partial charge >= 0.3 is 0 Å². The molecule has 2 heteroatoms. The van der Waals surface area contributed by atoms with Crippen LogP contribution < -0.4 is 4.74 Å². The highest BCUT2D eigenvalue weighted by Gasteiger charge is 2.02. The molecular formula is C15H16O2. The van der Waals surface area contributed by atoms with Gasteiger partial charge in [0.1, 0.15) is 18.5 Å². The first-order valence-electron chi connectivity index (χ1n) is 5.67. The van der Waals surface area contributed by atoms with E-state index in [9.17, 15) is 0 Å². The van der Waals surface area contributed by atoms with E-state index < -0.39 is 0 Å². The molecule has 0 aliphatic rings. The molecule has 1 unspecified atom stereocenters. The Hall–Kier alpha value is -1.96. The lowest BCUT2D eigenvalue weighted by Crippen LogP contribution is -2.15. The summed E-state index contributed by atoms with van der Waals surface area (Å²) < 4.78 is 10.8. The maximum Gasteiger partial charge on any atom is 0.129 e. The molecular weight excluding hydrogens is 212 g/mol. The highest BCUT2D eigenvalue weighted by molar-refractivity contribution is 5.83. The number of fused-ring (bicyclic) bond motifs is 1. The topological polar surface area (TPSA) is 18.5 Å². The molecule has 0 aliphatic carbocycles. The summed E-state index contributed by atoms with van der Waals surface area (Å²) in [6.45, 7) is 5.98. The van der Waals surface area contributed by atoms with Crippen molar-refractivity contribution in [1.82, 2.24) is 0 Å². The average molecular weight is 228 g/mol. The smallest absolute Gasteiger partial charge is 0.129 e. The van der Waals surface area contributed by atoms with Gasteiger partial charge in [-0.1, -0.05) is 36.9 Å². The van der Waals surface area contributed by atoms with Crippen LogP contribution in [0, 0.1) is 0 Å². The minimum Gasteiger partial charge on any atom is -0.495 e. The average Bonchev–Trinajstić information content (AvgIpc) is 2.36. The minimum absolute atomic E-state index is 0.0129. The van der Waals surface area contributed by atoms with Gasteiger partial charge in [-0.3, -0.25) is 0 Å². The molecule has 88 valence electrons. The van der Waals surface area contributed by atoms with Crippen molar-refractivity contribution in [1.29, 1.82) is 0 Å². The molecule has 0 amide bonds. The SMILES string of the molecule is C=COC(C)COc1ccc2ccccc2c1. The van der Waals surface area contributed by atoms with Crippen molar-refractivity contribution in [2.45, 2.75) is 13.0 Å². The summed E-state index contributed by atoms with van der Waals surface area (Å²) in [7, 11) is 0. The molecule has 2 rings (SSSR count). The van der Waals surface area contributed by atoms with Crippen molar-refractivity contribution in [2.24, 2.45) is 0 Å². The fourth-order valence-corrected chi connectivity index (χ4v) is 1.67. The lowest BCUT2D eigenvalue weighted by atomic mass is 10.1. The van der Waals surface area contributed by atoms with E-state index >= 15 is 0 Å². The number of hydrogen-bond acceptors (Lipinski definition) is 2. The van der Waals surface area contributed by atoms with Crippen molar-refractivity contribution in [2.75, 3.05) is 6.61 Å². The van der Waals surface area contributed by atoms with E-state index in [1.807, 2.05) is 31.2 Å². The first-order chi connectivity index (χ1) is 8.29. The molecule has 0 saturated heterocycles. The van der Waals surface area contributed by atoms with E-state index in [1.54, 1.807) is 0 Å². The molecule has 0 saturated carbocycles. The number of rotatable bonds is 5. The van der Waals surface area contributed by atoms with Crippen LogP contribution in [-0.4, -0.2) is 12.7 Å². The van der Waals surface area contributed by atoms with Gasteiger partial charge in [0.2, 0.25) is 0 Å². The molecule has 2 aromatic carbocycles.